The van der Waals surface area contributed by atoms with Gasteiger partial charge in [0.1, 0.15) is 11.9 Å². The predicted molar refractivity (Wildman–Crippen MR) is 132 cm³/mol. The van der Waals surface area contributed by atoms with Gasteiger partial charge in [0.15, 0.2) is 0 Å². The van der Waals surface area contributed by atoms with E-state index in [0.29, 0.717) is 30.6 Å². The van der Waals surface area contributed by atoms with Crippen molar-refractivity contribution in [2.75, 3.05) is 17.2 Å². The van der Waals surface area contributed by atoms with Crippen molar-refractivity contribution in [2.24, 2.45) is 5.14 Å². The fraction of sp³-hybridized carbons (Fsp3) is 0.160. The average molecular weight is 508 g/mol. The first-order valence-electron chi connectivity index (χ1n) is 11.0. The van der Waals surface area contributed by atoms with E-state index >= 15 is 0 Å². The standard InChI is InChI=1S/C25H22FN5O4S/c26-20-14-17(19-4-1-2-6-23(19)36(28,34)35)9-12-21(20)30-24(32)22-5-3-13-31(22)25(33)29-18-10-7-16(15-27)8-11-18/h1-2,4,6-12,14,22H,3,5,13H2,(H,29,33)(H,30,32)(H2,28,34,35). The number of nitrogens with one attached hydrogen (secondary N) is 2. The van der Waals surface area contributed by atoms with Crippen LogP contribution in [0.5, 0.6) is 0 Å². The van der Waals surface area contributed by atoms with Gasteiger partial charge >= 0.3 is 6.03 Å². The lowest BCUT2D eigenvalue weighted by atomic mass is 10.0. The molecule has 9 nitrogen and oxygen atoms in total. The molecule has 184 valence electrons. The number of nitrogens with two attached hydrogens (primary N) is 1. The molecular formula is C25H22FN5O4S. The molecule has 1 aliphatic rings. The number of likely N-dealkylation sites (tertiary alicyclic amines) is 1. The van der Waals surface area contributed by atoms with Crippen molar-refractivity contribution >= 4 is 33.3 Å². The Kier molecular flexibility index (Phi) is 7.00. The summed E-state index contributed by atoms with van der Waals surface area (Å²) in [6, 6.07) is 16.9. The third-order valence-electron chi connectivity index (χ3n) is 5.81. The average Bonchev–Trinajstić information content (AvgIpc) is 3.36. The lowest BCUT2D eigenvalue weighted by Crippen LogP contribution is -2.45. The van der Waals surface area contributed by atoms with Gasteiger partial charge in [0.05, 0.1) is 22.2 Å². The van der Waals surface area contributed by atoms with Gasteiger partial charge in [-0.2, -0.15) is 5.26 Å². The first kappa shape index (κ1) is 24.8. The molecule has 1 aliphatic heterocycles. The number of sulfonamides is 1. The second kappa shape index (κ2) is 10.2. The molecule has 0 saturated carbocycles. The van der Waals surface area contributed by atoms with Crippen LogP contribution >= 0.6 is 0 Å². The molecule has 0 radical (unpaired) electrons. The maximum Gasteiger partial charge on any atom is 0.322 e. The SMILES string of the molecule is N#Cc1ccc(NC(=O)N2CCCC2C(=O)Nc2ccc(-c3ccccc3S(N)(=O)=O)cc2F)cc1. The molecule has 3 aromatic carbocycles. The van der Waals surface area contributed by atoms with E-state index in [1.807, 2.05) is 6.07 Å². The number of anilines is 2. The van der Waals surface area contributed by atoms with Gasteiger partial charge in [0.25, 0.3) is 0 Å². The van der Waals surface area contributed by atoms with E-state index in [4.69, 9.17) is 10.4 Å². The number of hydrogen-bond acceptors (Lipinski definition) is 5. The number of carbonyl (C=O) groups is 2. The number of carbonyl (C=O) groups excluding carboxylic acids is 2. The molecule has 36 heavy (non-hydrogen) atoms. The highest BCUT2D eigenvalue weighted by atomic mass is 32.2. The number of nitrogens with zero attached hydrogens (tertiary/aromatic N) is 2. The molecule has 0 aliphatic carbocycles. The summed E-state index contributed by atoms with van der Waals surface area (Å²) in [4.78, 5) is 26.9. The Bertz CT molecular complexity index is 1470. The quantitative estimate of drug-likeness (QED) is 0.483. The second-order valence-electron chi connectivity index (χ2n) is 8.20. The van der Waals surface area contributed by atoms with Crippen LogP contribution < -0.4 is 15.8 Å². The molecule has 3 aromatic rings. The Balaban J connectivity index is 1.48. The van der Waals surface area contributed by atoms with Crippen LogP contribution in [0.4, 0.5) is 20.6 Å². The molecule has 0 spiro atoms. The Labute approximate surface area is 207 Å². The number of primary sulfonamides is 1. The summed E-state index contributed by atoms with van der Waals surface area (Å²) in [5, 5.41) is 19.4. The van der Waals surface area contributed by atoms with Crippen LogP contribution in [-0.2, 0) is 14.8 Å². The molecule has 1 saturated heterocycles. The van der Waals surface area contributed by atoms with E-state index in [1.54, 1.807) is 30.3 Å². The molecule has 1 atom stereocenters. The smallest absolute Gasteiger partial charge is 0.322 e. The topological polar surface area (TPSA) is 145 Å². The van der Waals surface area contributed by atoms with E-state index in [-0.39, 0.29) is 21.7 Å². The van der Waals surface area contributed by atoms with E-state index in [9.17, 15) is 22.4 Å². The first-order valence-corrected chi connectivity index (χ1v) is 12.5. The molecule has 11 heteroatoms. The Morgan fingerprint density at radius 1 is 1.06 bits per heavy atom. The molecule has 0 aromatic heterocycles. The molecule has 1 heterocycles. The number of amides is 3. The van der Waals surface area contributed by atoms with Crippen molar-refractivity contribution in [3.05, 3.63) is 78.1 Å². The van der Waals surface area contributed by atoms with Gasteiger partial charge in [-0.25, -0.2) is 22.7 Å². The minimum absolute atomic E-state index is 0.101. The Morgan fingerprint density at radius 2 is 1.78 bits per heavy atom. The number of urea groups is 1. The van der Waals surface area contributed by atoms with Gasteiger partial charge < -0.3 is 15.5 Å². The maximum atomic E-state index is 14.9. The largest absolute Gasteiger partial charge is 0.322 e. The van der Waals surface area contributed by atoms with Gasteiger partial charge in [-0.1, -0.05) is 24.3 Å². The Morgan fingerprint density at radius 3 is 2.44 bits per heavy atom. The minimum Gasteiger partial charge on any atom is -0.322 e. The highest BCUT2D eigenvalue weighted by molar-refractivity contribution is 7.89. The summed E-state index contributed by atoms with van der Waals surface area (Å²) in [6.45, 7) is 0.353. The minimum atomic E-state index is -4.03. The van der Waals surface area contributed by atoms with Crippen molar-refractivity contribution in [3.8, 4) is 17.2 Å². The van der Waals surface area contributed by atoms with Crippen molar-refractivity contribution in [1.29, 1.82) is 5.26 Å². The molecule has 4 rings (SSSR count). The van der Waals surface area contributed by atoms with E-state index in [2.05, 4.69) is 10.6 Å². The van der Waals surface area contributed by atoms with Gasteiger partial charge in [-0.3, -0.25) is 4.79 Å². The second-order valence-corrected chi connectivity index (χ2v) is 9.73. The van der Waals surface area contributed by atoms with Crippen LogP contribution in [0.1, 0.15) is 18.4 Å². The van der Waals surface area contributed by atoms with Gasteiger partial charge in [0.2, 0.25) is 15.9 Å². The van der Waals surface area contributed by atoms with Crippen molar-refractivity contribution in [2.45, 2.75) is 23.8 Å². The predicted octanol–water partition coefficient (Wildman–Crippen LogP) is 3.65. The molecule has 0 bridgehead atoms. The lowest BCUT2D eigenvalue weighted by molar-refractivity contribution is -0.119. The third-order valence-corrected chi connectivity index (χ3v) is 6.78. The Hall–Kier alpha value is -4.27. The zero-order valence-corrected chi connectivity index (χ0v) is 19.8. The maximum absolute atomic E-state index is 14.9. The number of halogens is 1. The first-order chi connectivity index (χ1) is 17.2. The summed E-state index contributed by atoms with van der Waals surface area (Å²) in [5.74, 6) is -1.31. The van der Waals surface area contributed by atoms with Crippen LogP contribution in [0.2, 0.25) is 0 Å². The molecule has 1 unspecified atom stereocenters. The van der Waals surface area contributed by atoms with Crippen LogP contribution in [0, 0.1) is 17.1 Å². The van der Waals surface area contributed by atoms with Gasteiger partial charge in [-0.05, 0) is 60.9 Å². The summed E-state index contributed by atoms with van der Waals surface area (Å²) in [5.41, 5.74) is 1.34. The molecular weight excluding hydrogens is 485 g/mol. The molecule has 1 fully saturated rings. The van der Waals surface area contributed by atoms with E-state index in [1.165, 1.54) is 35.2 Å². The van der Waals surface area contributed by atoms with Crippen molar-refractivity contribution in [3.63, 3.8) is 0 Å². The van der Waals surface area contributed by atoms with Crippen LogP contribution in [-0.4, -0.2) is 37.8 Å². The van der Waals surface area contributed by atoms with Crippen LogP contribution in [0.25, 0.3) is 11.1 Å². The fourth-order valence-corrected chi connectivity index (χ4v) is 4.82. The summed E-state index contributed by atoms with van der Waals surface area (Å²) in [6.07, 6.45) is 1.01. The normalized spacial score (nSPS) is 15.2. The highest BCUT2D eigenvalue weighted by Gasteiger charge is 2.34. The fourth-order valence-electron chi connectivity index (χ4n) is 4.06. The van der Waals surface area contributed by atoms with Gasteiger partial charge in [0, 0.05) is 17.8 Å². The summed E-state index contributed by atoms with van der Waals surface area (Å²) < 4.78 is 38.7. The van der Waals surface area contributed by atoms with Crippen molar-refractivity contribution in [1.82, 2.24) is 4.90 Å². The zero-order chi connectivity index (χ0) is 25.9. The molecule has 3 amide bonds. The molecule has 4 N–H and O–H groups in total. The number of rotatable bonds is 5. The van der Waals surface area contributed by atoms with E-state index in [0.717, 1.165) is 6.07 Å². The van der Waals surface area contributed by atoms with Crippen molar-refractivity contribution < 1.29 is 22.4 Å². The van der Waals surface area contributed by atoms with Crippen LogP contribution in [0.3, 0.4) is 0 Å². The summed E-state index contributed by atoms with van der Waals surface area (Å²) >= 11 is 0. The highest BCUT2D eigenvalue weighted by Crippen LogP contribution is 2.30. The van der Waals surface area contributed by atoms with Gasteiger partial charge in [-0.15, -0.1) is 0 Å². The number of benzene rings is 3. The van der Waals surface area contributed by atoms with E-state index < -0.39 is 33.8 Å². The zero-order valence-electron chi connectivity index (χ0n) is 18.9. The monoisotopic (exact) mass is 507 g/mol. The number of nitriles is 1. The third kappa shape index (κ3) is 5.35. The lowest BCUT2D eigenvalue weighted by Gasteiger charge is -2.24. The van der Waals surface area contributed by atoms with Crippen LogP contribution in [0.15, 0.2) is 71.6 Å². The summed E-state index contributed by atoms with van der Waals surface area (Å²) in [7, 11) is -4.03. The number of hydrogen-bond donors (Lipinski definition) is 3.